The molecule has 2 N–H and O–H groups in total. The third-order valence-electron chi connectivity index (χ3n) is 7.04. The third kappa shape index (κ3) is 4.77. The molecule has 0 spiro atoms. The molecular weight excluding hydrogens is 491 g/mol. The molecule has 7 nitrogen and oxygen atoms in total. The molecule has 1 heterocycles. The van der Waals surface area contributed by atoms with Crippen LogP contribution in [-0.2, 0) is 10.0 Å². The number of halogens is 1. The summed E-state index contributed by atoms with van der Waals surface area (Å²) < 4.78 is 47.3. The minimum atomic E-state index is -4.16. The zero-order chi connectivity index (χ0) is 24.7. The number of thiazole rings is 1. The fraction of sp³-hybridized carbons (Fsp3) is 0.360. The van der Waals surface area contributed by atoms with Crippen LogP contribution in [0, 0.1) is 17.7 Å². The molecule has 2 bridgehead atoms. The van der Waals surface area contributed by atoms with E-state index in [1.807, 2.05) is 12.1 Å². The number of aromatic carboxylic acids is 1. The number of anilines is 1. The van der Waals surface area contributed by atoms with Crippen molar-refractivity contribution in [3.05, 3.63) is 58.7 Å². The van der Waals surface area contributed by atoms with Crippen LogP contribution < -0.4 is 9.46 Å². The van der Waals surface area contributed by atoms with Gasteiger partial charge in [0.15, 0.2) is 5.03 Å². The molecule has 0 radical (unpaired) electrons. The molecule has 2 fully saturated rings. The second kappa shape index (κ2) is 9.23. The summed E-state index contributed by atoms with van der Waals surface area (Å²) in [4.78, 5) is 15.4. The molecule has 2 aromatic carbocycles. The molecule has 2 aliphatic rings. The number of nitrogens with one attached hydrogen (secondary N) is 1. The van der Waals surface area contributed by atoms with E-state index in [0.29, 0.717) is 10.9 Å². The Bertz CT molecular complexity index is 1360. The van der Waals surface area contributed by atoms with Crippen molar-refractivity contribution in [1.29, 1.82) is 0 Å². The fourth-order valence-corrected chi connectivity index (χ4v) is 7.52. The van der Waals surface area contributed by atoms with Crippen molar-refractivity contribution in [2.45, 2.75) is 43.0 Å². The molecule has 1 aromatic heterocycles. The first-order valence-corrected chi connectivity index (χ1v) is 13.8. The van der Waals surface area contributed by atoms with Gasteiger partial charge >= 0.3 is 5.97 Å². The number of hydrogen-bond donors (Lipinski definition) is 2. The number of aromatic nitrogens is 1. The molecule has 5 rings (SSSR count). The molecule has 2 aliphatic carbocycles. The number of methoxy groups -OCH3 is 1. The van der Waals surface area contributed by atoms with Gasteiger partial charge in [0.2, 0.25) is 0 Å². The second-order valence-electron chi connectivity index (χ2n) is 9.27. The van der Waals surface area contributed by atoms with Gasteiger partial charge in [0.05, 0.1) is 18.4 Å². The van der Waals surface area contributed by atoms with E-state index >= 15 is 0 Å². The van der Waals surface area contributed by atoms with Gasteiger partial charge in [0.1, 0.15) is 16.6 Å². The van der Waals surface area contributed by atoms with Crippen LogP contribution in [0.3, 0.4) is 0 Å². The maximum Gasteiger partial charge on any atom is 0.338 e. The Morgan fingerprint density at radius 3 is 2.46 bits per heavy atom. The third-order valence-corrected chi connectivity index (χ3v) is 9.33. The van der Waals surface area contributed by atoms with Crippen LogP contribution in [0.5, 0.6) is 5.75 Å². The molecule has 0 saturated heterocycles. The number of carboxylic acids is 1. The van der Waals surface area contributed by atoms with Crippen LogP contribution in [0.4, 0.5) is 10.1 Å². The number of carbonyl (C=O) groups is 1. The fourth-order valence-electron chi connectivity index (χ4n) is 5.36. The molecule has 2 saturated carbocycles. The van der Waals surface area contributed by atoms with Gasteiger partial charge in [-0.25, -0.2) is 14.2 Å². The Balaban J connectivity index is 1.34. The van der Waals surface area contributed by atoms with Gasteiger partial charge in [0, 0.05) is 17.0 Å². The summed E-state index contributed by atoms with van der Waals surface area (Å²) in [5.74, 6) is -0.387. The van der Waals surface area contributed by atoms with E-state index in [-0.39, 0.29) is 16.5 Å². The standard InChI is InChI=1S/C25H25FN2O5S2/c1-33-22-11-19(25(29)30)20(26)12-21(22)28-35(31,32)23-13-34-24(27-23)17-6-4-16(5-7-17)18-9-14-2-3-15(8-14)10-18/h4-7,11-15,18,28H,2-3,8-10H2,1H3,(H,29,30). The monoisotopic (exact) mass is 516 g/mol. The van der Waals surface area contributed by atoms with Crippen LogP contribution in [-0.4, -0.2) is 31.6 Å². The minimum Gasteiger partial charge on any atom is -0.495 e. The van der Waals surface area contributed by atoms with Gasteiger partial charge in [-0.1, -0.05) is 37.1 Å². The summed E-state index contributed by atoms with van der Waals surface area (Å²) in [5, 5.41) is 10.8. The number of carboxylic acid groups (broad SMARTS) is 1. The predicted molar refractivity (Wildman–Crippen MR) is 131 cm³/mol. The Morgan fingerprint density at radius 2 is 1.83 bits per heavy atom. The van der Waals surface area contributed by atoms with Crippen molar-refractivity contribution in [2.24, 2.45) is 11.8 Å². The largest absolute Gasteiger partial charge is 0.495 e. The van der Waals surface area contributed by atoms with Gasteiger partial charge in [-0.2, -0.15) is 8.42 Å². The topological polar surface area (TPSA) is 106 Å². The van der Waals surface area contributed by atoms with Crippen molar-refractivity contribution in [3.8, 4) is 16.3 Å². The average molecular weight is 517 g/mol. The summed E-state index contributed by atoms with van der Waals surface area (Å²) in [6.07, 6.45) is 6.58. The number of rotatable bonds is 7. The zero-order valence-electron chi connectivity index (χ0n) is 19.0. The first kappa shape index (κ1) is 23.7. The van der Waals surface area contributed by atoms with Crippen molar-refractivity contribution < 1.29 is 27.4 Å². The quantitative estimate of drug-likeness (QED) is 0.414. The number of sulfonamides is 1. The van der Waals surface area contributed by atoms with E-state index < -0.39 is 27.4 Å². The highest BCUT2D eigenvalue weighted by Gasteiger charge is 2.34. The highest BCUT2D eigenvalue weighted by molar-refractivity contribution is 7.92. The Kier molecular flexibility index (Phi) is 6.27. The Labute approximate surface area is 207 Å². The summed E-state index contributed by atoms with van der Waals surface area (Å²) in [5.41, 5.74) is 1.32. The van der Waals surface area contributed by atoms with Crippen LogP contribution in [0.15, 0.2) is 46.8 Å². The van der Waals surface area contributed by atoms with E-state index in [2.05, 4.69) is 21.8 Å². The second-order valence-corrected chi connectivity index (χ2v) is 11.8. The maximum absolute atomic E-state index is 14.1. The van der Waals surface area contributed by atoms with Gasteiger partial charge in [-0.05, 0) is 48.6 Å². The smallest absolute Gasteiger partial charge is 0.338 e. The van der Waals surface area contributed by atoms with E-state index in [0.717, 1.165) is 29.5 Å². The van der Waals surface area contributed by atoms with Gasteiger partial charge in [-0.3, -0.25) is 4.72 Å². The first-order valence-electron chi connectivity index (χ1n) is 11.4. The summed E-state index contributed by atoms with van der Waals surface area (Å²) >= 11 is 1.20. The number of fused-ring (bicyclic) bond motifs is 2. The first-order chi connectivity index (χ1) is 16.7. The van der Waals surface area contributed by atoms with Crippen molar-refractivity contribution >= 4 is 33.0 Å². The molecule has 184 valence electrons. The van der Waals surface area contributed by atoms with Gasteiger partial charge < -0.3 is 9.84 Å². The Hall–Kier alpha value is -2.98. The van der Waals surface area contributed by atoms with E-state index in [1.54, 1.807) is 0 Å². The van der Waals surface area contributed by atoms with E-state index in [4.69, 9.17) is 9.84 Å². The molecule has 0 amide bonds. The van der Waals surface area contributed by atoms with Crippen LogP contribution in [0.2, 0.25) is 0 Å². The lowest BCUT2D eigenvalue weighted by atomic mass is 9.77. The van der Waals surface area contributed by atoms with Crippen LogP contribution >= 0.6 is 11.3 Å². The number of hydrogen-bond acceptors (Lipinski definition) is 6. The molecule has 0 aliphatic heterocycles. The minimum absolute atomic E-state index is 0.116. The molecule has 35 heavy (non-hydrogen) atoms. The summed E-state index contributed by atoms with van der Waals surface area (Å²) in [6, 6.07) is 9.92. The summed E-state index contributed by atoms with van der Waals surface area (Å²) in [7, 11) is -2.92. The van der Waals surface area contributed by atoms with Crippen LogP contribution in [0.1, 0.15) is 53.9 Å². The number of nitrogens with zero attached hydrogens (tertiary/aromatic N) is 1. The number of benzene rings is 2. The highest BCUT2D eigenvalue weighted by Crippen LogP contribution is 2.48. The predicted octanol–water partition coefficient (Wildman–Crippen LogP) is 5.75. The lowest BCUT2D eigenvalue weighted by molar-refractivity contribution is 0.0691. The summed E-state index contributed by atoms with van der Waals surface area (Å²) in [6.45, 7) is 0. The number of ether oxygens (including phenoxy) is 1. The highest BCUT2D eigenvalue weighted by atomic mass is 32.2. The SMILES string of the molecule is COc1cc(C(=O)O)c(F)cc1NS(=O)(=O)c1csc(-c2ccc(C3CC4CCC(C4)C3)cc2)n1. The molecule has 10 heteroatoms. The lowest BCUT2D eigenvalue weighted by Gasteiger charge is -2.28. The van der Waals surface area contributed by atoms with Crippen molar-refractivity contribution in [2.75, 3.05) is 11.8 Å². The van der Waals surface area contributed by atoms with E-state index in [1.165, 1.54) is 61.5 Å². The normalized spacial score (nSPS) is 21.6. The average Bonchev–Trinajstić information content (AvgIpc) is 3.46. The molecular formula is C25H25FN2O5S2. The maximum atomic E-state index is 14.1. The lowest BCUT2D eigenvalue weighted by Crippen LogP contribution is -2.15. The van der Waals surface area contributed by atoms with Crippen molar-refractivity contribution in [3.63, 3.8) is 0 Å². The molecule has 2 unspecified atom stereocenters. The van der Waals surface area contributed by atoms with Gasteiger partial charge in [0.25, 0.3) is 10.0 Å². The van der Waals surface area contributed by atoms with Crippen LogP contribution in [0.25, 0.3) is 10.6 Å². The van der Waals surface area contributed by atoms with E-state index in [9.17, 15) is 17.6 Å². The van der Waals surface area contributed by atoms with Gasteiger partial charge in [-0.15, -0.1) is 11.3 Å². The molecule has 3 aromatic rings. The Morgan fingerprint density at radius 1 is 1.14 bits per heavy atom. The van der Waals surface area contributed by atoms with Crippen molar-refractivity contribution in [1.82, 2.24) is 4.98 Å². The zero-order valence-corrected chi connectivity index (χ0v) is 20.7. The molecule has 2 atom stereocenters.